The van der Waals surface area contributed by atoms with Gasteiger partial charge in [0, 0.05) is 5.56 Å². The van der Waals surface area contributed by atoms with Gasteiger partial charge in [0.2, 0.25) is 0 Å². The van der Waals surface area contributed by atoms with E-state index in [9.17, 15) is 10.4 Å². The lowest BCUT2D eigenvalue weighted by Gasteiger charge is -2.37. The van der Waals surface area contributed by atoms with E-state index in [4.69, 9.17) is 10.4 Å². The Balaban J connectivity index is 1.82. The van der Waals surface area contributed by atoms with Crippen molar-refractivity contribution >= 4 is 18.8 Å². The van der Waals surface area contributed by atoms with Gasteiger partial charge < -0.3 is 15.5 Å². The molecule has 0 unspecified atom stereocenters. The molecule has 1 saturated carbocycles. The van der Waals surface area contributed by atoms with Gasteiger partial charge in [0.25, 0.3) is 0 Å². The van der Waals surface area contributed by atoms with E-state index >= 15 is 0 Å². The van der Waals surface area contributed by atoms with Crippen LogP contribution in [0.1, 0.15) is 53.0 Å². The molecule has 1 aromatic heterocycles. The summed E-state index contributed by atoms with van der Waals surface area (Å²) in [5.41, 5.74) is 7.10. The summed E-state index contributed by atoms with van der Waals surface area (Å²) in [6.45, 7) is 9.21. The summed E-state index contributed by atoms with van der Waals surface area (Å²) >= 11 is 0. The maximum absolute atomic E-state index is 10.2. The van der Waals surface area contributed by atoms with E-state index in [0.29, 0.717) is 17.1 Å². The number of nitrogens with two attached hydrogens (primary N) is 1. The number of nitrogen functional groups attached to an aromatic ring is 1. The number of aromatic nitrogens is 2. The van der Waals surface area contributed by atoms with Crippen LogP contribution < -0.4 is 11.2 Å². The van der Waals surface area contributed by atoms with E-state index in [0.717, 1.165) is 23.9 Å². The Bertz CT molecular complexity index is 884. The molecule has 0 saturated heterocycles. The fourth-order valence-corrected chi connectivity index (χ4v) is 2.63. The van der Waals surface area contributed by atoms with E-state index in [1.54, 1.807) is 26.0 Å². The molecule has 1 aromatic carbocycles. The van der Waals surface area contributed by atoms with Crippen LogP contribution in [0.25, 0.3) is 11.3 Å². The second kappa shape index (κ2) is 6.40. The van der Waals surface area contributed by atoms with Gasteiger partial charge in [0.05, 0.1) is 16.7 Å². The zero-order chi connectivity index (χ0) is 20.0. The van der Waals surface area contributed by atoms with Crippen molar-refractivity contribution in [2.45, 2.75) is 64.2 Å². The van der Waals surface area contributed by atoms with Crippen LogP contribution in [0, 0.1) is 11.3 Å². The van der Waals surface area contributed by atoms with Crippen LogP contribution in [0.2, 0.25) is 0 Å². The van der Waals surface area contributed by atoms with E-state index < -0.39 is 11.2 Å². The Morgan fingerprint density at radius 2 is 1.85 bits per heavy atom. The number of nitrogens with zero attached hydrogens (tertiary/aromatic N) is 3. The first-order valence-corrected chi connectivity index (χ1v) is 9.11. The van der Waals surface area contributed by atoms with Gasteiger partial charge in [-0.15, -0.1) is 0 Å². The second-order valence-electron chi connectivity index (χ2n) is 8.56. The zero-order valence-corrected chi connectivity index (χ0v) is 16.6. The number of nitriles is 1. The molecule has 1 heterocycles. The normalized spacial score (nSPS) is 16.0. The number of hydrogen-bond acceptors (Lipinski definition) is 5. The molecule has 3 N–H and O–H groups in total. The lowest BCUT2D eigenvalue weighted by molar-refractivity contribution is -0.0893. The first-order valence-electron chi connectivity index (χ1n) is 9.11. The van der Waals surface area contributed by atoms with Crippen LogP contribution in [0.15, 0.2) is 24.3 Å². The summed E-state index contributed by atoms with van der Waals surface area (Å²) in [6.07, 6.45) is 2.04. The Kier molecular flexibility index (Phi) is 4.61. The molecule has 0 aliphatic heterocycles. The molecular formula is C20H26BN4O2. The first kappa shape index (κ1) is 19.5. The van der Waals surface area contributed by atoms with E-state index in [2.05, 4.69) is 18.1 Å². The molecule has 27 heavy (non-hydrogen) atoms. The van der Waals surface area contributed by atoms with Crippen molar-refractivity contribution in [3.05, 3.63) is 29.8 Å². The molecule has 6 nitrogen and oxygen atoms in total. The number of hydrogen-bond donors (Lipinski definition) is 2. The molecule has 141 valence electrons. The molecule has 7 heteroatoms. The molecule has 0 bridgehead atoms. The predicted octanol–water partition coefficient (Wildman–Crippen LogP) is 2.32. The van der Waals surface area contributed by atoms with Gasteiger partial charge in [-0.25, -0.2) is 4.68 Å². The minimum atomic E-state index is -0.978. The van der Waals surface area contributed by atoms with Crippen molar-refractivity contribution in [3.8, 4) is 17.3 Å². The van der Waals surface area contributed by atoms with Crippen LogP contribution in [-0.4, -0.2) is 33.6 Å². The molecule has 2 aromatic rings. The third kappa shape index (κ3) is 3.60. The number of anilines is 1. The minimum Gasteiger partial charge on any atom is -0.427 e. The summed E-state index contributed by atoms with van der Waals surface area (Å²) in [7, 11) is 1.63. The van der Waals surface area contributed by atoms with Gasteiger partial charge in [-0.2, -0.15) is 10.4 Å². The van der Waals surface area contributed by atoms with Gasteiger partial charge in [-0.3, -0.25) is 0 Å². The summed E-state index contributed by atoms with van der Waals surface area (Å²) in [4.78, 5) is 0. The Morgan fingerprint density at radius 3 is 2.33 bits per heavy atom. The van der Waals surface area contributed by atoms with Crippen LogP contribution in [0.3, 0.4) is 0 Å². The summed E-state index contributed by atoms with van der Waals surface area (Å²) < 4.78 is 7.57. The molecule has 1 fully saturated rings. The lowest BCUT2D eigenvalue weighted by Crippen LogP contribution is -2.49. The molecule has 0 atom stereocenters. The van der Waals surface area contributed by atoms with Crippen molar-refractivity contribution in [2.75, 3.05) is 5.73 Å². The van der Waals surface area contributed by atoms with Crippen LogP contribution in [0.5, 0.6) is 0 Å². The second-order valence-corrected chi connectivity index (χ2v) is 8.56. The quantitative estimate of drug-likeness (QED) is 0.766. The number of aliphatic hydroxyl groups is 1. The molecule has 0 amide bonds. The third-order valence-electron chi connectivity index (χ3n) is 5.67. The molecular weight excluding hydrogens is 339 g/mol. The fourth-order valence-electron chi connectivity index (χ4n) is 2.63. The Hall–Kier alpha value is -2.30. The van der Waals surface area contributed by atoms with Gasteiger partial charge in [-0.1, -0.05) is 29.7 Å². The molecule has 0 spiro atoms. The monoisotopic (exact) mass is 365 g/mol. The topological polar surface area (TPSA) is 97.1 Å². The van der Waals surface area contributed by atoms with E-state index in [-0.39, 0.29) is 5.54 Å². The minimum absolute atomic E-state index is 0.0713. The van der Waals surface area contributed by atoms with E-state index in [1.807, 2.05) is 38.1 Å². The smallest absolute Gasteiger partial charge is 0.330 e. The third-order valence-corrected chi connectivity index (χ3v) is 5.67. The summed E-state index contributed by atoms with van der Waals surface area (Å²) in [6, 6.07) is 9.77. The average molecular weight is 365 g/mol. The van der Waals surface area contributed by atoms with Crippen molar-refractivity contribution in [2.24, 2.45) is 0 Å². The van der Waals surface area contributed by atoms with Crippen LogP contribution >= 0.6 is 0 Å². The highest BCUT2D eigenvalue weighted by atomic mass is 16.5. The van der Waals surface area contributed by atoms with Crippen LogP contribution in [-0.2, 0) is 10.2 Å². The highest BCUT2D eigenvalue weighted by molar-refractivity contribution is 6.47. The molecule has 1 radical (unpaired) electrons. The number of rotatable bonds is 6. The van der Waals surface area contributed by atoms with Crippen LogP contribution in [0.4, 0.5) is 5.82 Å². The fraction of sp³-hybridized carbons (Fsp3) is 0.500. The van der Waals surface area contributed by atoms with Gasteiger partial charge in [0.15, 0.2) is 0 Å². The molecule has 1 aliphatic rings. The largest absolute Gasteiger partial charge is 0.427 e. The zero-order valence-electron chi connectivity index (χ0n) is 16.6. The number of benzene rings is 1. The predicted molar refractivity (Wildman–Crippen MR) is 107 cm³/mol. The lowest BCUT2D eigenvalue weighted by atomic mass is 9.82. The van der Waals surface area contributed by atoms with Crippen molar-refractivity contribution in [1.82, 2.24) is 9.78 Å². The SMILES string of the molecule is CC1(n2nc(-c3ccc([B]OC(C)(C)C(C)(C)O)cc3)c(C#N)c2N)CC1. The van der Waals surface area contributed by atoms with Crippen molar-refractivity contribution in [3.63, 3.8) is 0 Å². The summed E-state index contributed by atoms with van der Waals surface area (Å²) in [5.74, 6) is 0.429. The van der Waals surface area contributed by atoms with Gasteiger partial charge >= 0.3 is 7.48 Å². The average Bonchev–Trinajstić information content (AvgIpc) is 3.24. The van der Waals surface area contributed by atoms with E-state index in [1.165, 1.54) is 0 Å². The highest BCUT2D eigenvalue weighted by Gasteiger charge is 2.42. The molecule has 1 aliphatic carbocycles. The maximum Gasteiger partial charge on any atom is 0.330 e. The summed E-state index contributed by atoms with van der Waals surface area (Å²) in [5, 5.41) is 24.3. The maximum atomic E-state index is 10.2. The molecule has 3 rings (SSSR count). The first-order chi connectivity index (χ1) is 12.5. The van der Waals surface area contributed by atoms with Gasteiger partial charge in [0.1, 0.15) is 23.1 Å². The van der Waals surface area contributed by atoms with Gasteiger partial charge in [-0.05, 0) is 47.5 Å². The standard InChI is InChI=1S/C20H26BN4O2/c1-18(2,26)19(3,4)27-21-14-8-6-13(7-9-14)16-15(12-22)17(23)25(24-16)20(5)10-11-20/h6-9,26H,10-11,23H2,1-5H3. The Labute approximate surface area is 161 Å². The van der Waals surface area contributed by atoms with Crippen molar-refractivity contribution in [1.29, 1.82) is 5.26 Å². The van der Waals surface area contributed by atoms with Crippen molar-refractivity contribution < 1.29 is 9.76 Å². The highest BCUT2D eigenvalue weighted by Crippen LogP contribution is 2.45. The Morgan fingerprint density at radius 1 is 1.26 bits per heavy atom.